The van der Waals surface area contributed by atoms with Crippen molar-refractivity contribution in [3.8, 4) is 0 Å². The second-order valence-corrected chi connectivity index (χ2v) is 23.3. The van der Waals surface area contributed by atoms with Gasteiger partial charge in [0, 0.05) is 0 Å². The van der Waals surface area contributed by atoms with Gasteiger partial charge in [-0.2, -0.15) is 0 Å². The van der Waals surface area contributed by atoms with E-state index in [1.54, 1.807) is 2.50 Å². The van der Waals surface area contributed by atoms with Crippen LogP contribution in [0.4, 0.5) is 0 Å². The molecule has 2 nitrogen and oxygen atoms in total. The third kappa shape index (κ3) is 8.55. The summed E-state index contributed by atoms with van der Waals surface area (Å²) in [6.07, 6.45) is 14.1. The molecule has 0 radical (unpaired) electrons. The van der Waals surface area contributed by atoms with Crippen molar-refractivity contribution in [2.75, 3.05) is 13.2 Å². The maximum atomic E-state index is 5.97. The molecule has 0 saturated carbocycles. The molecule has 142 valence electrons. The van der Waals surface area contributed by atoms with E-state index in [2.05, 4.69) is 42.8 Å². The molecule has 1 unspecified atom stereocenters. The van der Waals surface area contributed by atoms with Gasteiger partial charge >= 0.3 is 164 Å². The zero-order chi connectivity index (χ0) is 17.7. The Balaban J connectivity index is 2.69. The van der Waals surface area contributed by atoms with Crippen molar-refractivity contribution in [3.05, 3.63) is 8.57 Å². The molecule has 1 aliphatic rings. The Morgan fingerprint density at radius 1 is 1.04 bits per heavy atom. The van der Waals surface area contributed by atoms with E-state index in [9.17, 15) is 0 Å². The molecule has 0 amide bonds. The van der Waals surface area contributed by atoms with Crippen molar-refractivity contribution in [1.82, 2.24) is 0 Å². The molecule has 4 heteroatoms. The summed E-state index contributed by atoms with van der Waals surface area (Å²) < 4.78 is 17.8. The van der Waals surface area contributed by atoms with Crippen LogP contribution in [-0.4, -0.2) is 37.9 Å². The molecular weight excluding hydrogens is 471 g/mol. The van der Waals surface area contributed by atoms with Crippen molar-refractivity contribution < 1.29 is 9.47 Å². The SMILES string of the molecule is CCC[CH2][Sn]([CH2]CCC)([CH2]CCC)/[C](Br)=C/COC1CCCCO1. The summed E-state index contributed by atoms with van der Waals surface area (Å²) in [6, 6.07) is 0. The fraction of sp³-hybridized carbons (Fsp3) is 0.900. The monoisotopic (exact) mass is 510 g/mol. The normalized spacial score (nSPS) is 19.7. The summed E-state index contributed by atoms with van der Waals surface area (Å²) in [5.41, 5.74) is 0. The van der Waals surface area contributed by atoms with Gasteiger partial charge in [-0.25, -0.2) is 0 Å². The van der Waals surface area contributed by atoms with Crippen LogP contribution < -0.4 is 0 Å². The Morgan fingerprint density at radius 3 is 2.08 bits per heavy atom. The number of hydrogen-bond donors (Lipinski definition) is 0. The van der Waals surface area contributed by atoms with Crippen molar-refractivity contribution >= 4 is 34.3 Å². The van der Waals surface area contributed by atoms with E-state index in [-0.39, 0.29) is 6.29 Å². The van der Waals surface area contributed by atoms with Crippen LogP contribution in [0.2, 0.25) is 13.3 Å². The summed E-state index contributed by atoms with van der Waals surface area (Å²) in [7, 11) is 0. The topological polar surface area (TPSA) is 18.5 Å². The molecule has 0 N–H and O–H groups in total. The second kappa shape index (κ2) is 14.1. The maximum absolute atomic E-state index is 5.97. The molecule has 0 aromatic heterocycles. The van der Waals surface area contributed by atoms with E-state index in [1.165, 1.54) is 64.7 Å². The molecule has 0 spiro atoms. The van der Waals surface area contributed by atoms with E-state index in [0.717, 1.165) is 13.0 Å². The van der Waals surface area contributed by atoms with Crippen molar-refractivity contribution in [3.63, 3.8) is 0 Å². The summed E-state index contributed by atoms with van der Waals surface area (Å²) >= 11 is 1.78. The first-order chi connectivity index (χ1) is 11.7. The Labute approximate surface area is 163 Å². The molecule has 0 aromatic rings. The first-order valence-corrected chi connectivity index (χ1v) is 18.5. The first kappa shape index (κ1) is 23.0. The number of unbranched alkanes of at least 4 members (excludes halogenated alkanes) is 3. The van der Waals surface area contributed by atoms with Gasteiger partial charge < -0.3 is 0 Å². The zero-order valence-electron chi connectivity index (χ0n) is 16.2. The van der Waals surface area contributed by atoms with Crippen LogP contribution in [0.3, 0.4) is 0 Å². The van der Waals surface area contributed by atoms with Crippen LogP contribution in [0, 0.1) is 0 Å². The minimum absolute atomic E-state index is 0.0295. The summed E-state index contributed by atoms with van der Waals surface area (Å²) in [6.45, 7) is 8.57. The van der Waals surface area contributed by atoms with Gasteiger partial charge in [-0.15, -0.1) is 0 Å². The summed E-state index contributed by atoms with van der Waals surface area (Å²) in [5.74, 6) is 0. The second-order valence-electron chi connectivity index (χ2n) is 7.27. The van der Waals surface area contributed by atoms with E-state index < -0.39 is 18.4 Å². The van der Waals surface area contributed by atoms with Crippen LogP contribution in [-0.2, 0) is 9.47 Å². The molecule has 1 fully saturated rings. The average molecular weight is 510 g/mol. The van der Waals surface area contributed by atoms with Crippen molar-refractivity contribution in [2.24, 2.45) is 0 Å². The van der Waals surface area contributed by atoms with E-state index in [4.69, 9.17) is 9.47 Å². The predicted molar refractivity (Wildman–Crippen MR) is 111 cm³/mol. The van der Waals surface area contributed by atoms with Crippen LogP contribution in [0.5, 0.6) is 0 Å². The van der Waals surface area contributed by atoms with Crippen LogP contribution in [0.1, 0.15) is 78.6 Å². The van der Waals surface area contributed by atoms with E-state index >= 15 is 0 Å². The van der Waals surface area contributed by atoms with Crippen LogP contribution >= 0.6 is 15.9 Å². The standard InChI is InChI=1S/C8H12BrO2.3C4H9.Sn/c9-5-3-7-11-8-4-1-2-6-10-8;3*1-3-4-2;/h3,8H,1-2,4,6-7H2;3*1,3-4H2,2H3;. The minimum atomic E-state index is -2.27. The molecule has 0 aromatic carbocycles. The number of rotatable bonds is 13. The first-order valence-electron chi connectivity index (χ1n) is 10.3. The number of ether oxygens (including phenoxy) is 2. The summed E-state index contributed by atoms with van der Waals surface area (Å²) in [4.78, 5) is 0. The molecular formula is C20H39BrO2Sn. The fourth-order valence-electron chi connectivity index (χ4n) is 3.57. The quantitative estimate of drug-likeness (QED) is 0.244. The third-order valence-corrected chi connectivity index (χ3v) is 25.9. The van der Waals surface area contributed by atoms with E-state index in [0.29, 0.717) is 6.61 Å². The summed E-state index contributed by atoms with van der Waals surface area (Å²) in [5, 5.41) is 0. The molecule has 1 heterocycles. The van der Waals surface area contributed by atoms with Crippen LogP contribution in [0.15, 0.2) is 8.57 Å². The van der Waals surface area contributed by atoms with Crippen molar-refractivity contribution in [2.45, 2.75) is 98.2 Å². The molecule has 1 saturated heterocycles. The van der Waals surface area contributed by atoms with Crippen LogP contribution in [0.25, 0.3) is 0 Å². The predicted octanol–water partition coefficient (Wildman–Crippen LogP) is 7.20. The zero-order valence-corrected chi connectivity index (χ0v) is 20.7. The Hall–Kier alpha value is 0.939. The molecule has 1 rings (SSSR count). The van der Waals surface area contributed by atoms with Gasteiger partial charge in [0.1, 0.15) is 0 Å². The van der Waals surface area contributed by atoms with Gasteiger partial charge in [0.25, 0.3) is 0 Å². The Morgan fingerprint density at radius 2 is 1.62 bits per heavy atom. The van der Waals surface area contributed by atoms with Crippen molar-refractivity contribution in [1.29, 1.82) is 0 Å². The average Bonchev–Trinajstić information content (AvgIpc) is 2.62. The van der Waals surface area contributed by atoms with Gasteiger partial charge in [-0.3, -0.25) is 0 Å². The molecule has 24 heavy (non-hydrogen) atoms. The van der Waals surface area contributed by atoms with Gasteiger partial charge in [0.05, 0.1) is 0 Å². The Bertz CT molecular complexity index is 319. The van der Waals surface area contributed by atoms with Gasteiger partial charge in [-0.1, -0.05) is 0 Å². The molecule has 0 bridgehead atoms. The van der Waals surface area contributed by atoms with Gasteiger partial charge in [0.15, 0.2) is 0 Å². The van der Waals surface area contributed by atoms with Gasteiger partial charge in [-0.05, 0) is 0 Å². The number of hydrogen-bond acceptors (Lipinski definition) is 2. The van der Waals surface area contributed by atoms with E-state index in [1.807, 2.05) is 0 Å². The van der Waals surface area contributed by atoms with Gasteiger partial charge in [0.2, 0.25) is 0 Å². The molecule has 1 atom stereocenters. The molecule has 1 aliphatic heterocycles. The number of halogens is 1. The third-order valence-electron chi connectivity index (χ3n) is 5.22. The Kier molecular flexibility index (Phi) is 13.5. The molecule has 0 aliphatic carbocycles. The fourth-order valence-corrected chi connectivity index (χ4v) is 22.2.